The lowest BCUT2D eigenvalue weighted by atomic mass is 9.94. The summed E-state index contributed by atoms with van der Waals surface area (Å²) in [6.45, 7) is 7.29. The molecular formula is C22H28N2O3S. The van der Waals surface area contributed by atoms with Gasteiger partial charge in [-0.05, 0) is 60.6 Å². The fourth-order valence-corrected chi connectivity index (χ4v) is 5.55. The minimum atomic E-state index is -3.54. The molecule has 0 aliphatic carbocycles. The first-order valence-electron chi connectivity index (χ1n) is 9.80. The number of piperidine rings is 1. The first kappa shape index (κ1) is 20.6. The highest BCUT2D eigenvalue weighted by molar-refractivity contribution is 7.89. The maximum Gasteiger partial charge on any atom is 0.255 e. The van der Waals surface area contributed by atoms with E-state index in [-0.39, 0.29) is 10.8 Å². The molecule has 0 bridgehead atoms. The van der Waals surface area contributed by atoms with E-state index >= 15 is 0 Å². The van der Waals surface area contributed by atoms with E-state index in [1.54, 1.807) is 16.4 Å². The van der Waals surface area contributed by atoms with Gasteiger partial charge in [-0.15, -0.1) is 0 Å². The molecule has 2 atom stereocenters. The Morgan fingerprint density at radius 1 is 1.04 bits per heavy atom. The van der Waals surface area contributed by atoms with E-state index in [2.05, 4.69) is 19.2 Å². The van der Waals surface area contributed by atoms with Gasteiger partial charge in [0.2, 0.25) is 10.0 Å². The molecule has 5 nitrogen and oxygen atoms in total. The van der Waals surface area contributed by atoms with E-state index in [1.807, 2.05) is 31.2 Å². The van der Waals surface area contributed by atoms with Crippen LogP contribution in [-0.4, -0.2) is 31.7 Å². The van der Waals surface area contributed by atoms with Crippen molar-refractivity contribution in [1.82, 2.24) is 4.31 Å². The van der Waals surface area contributed by atoms with Gasteiger partial charge >= 0.3 is 0 Å². The van der Waals surface area contributed by atoms with Crippen LogP contribution in [-0.2, 0) is 16.4 Å². The summed E-state index contributed by atoms with van der Waals surface area (Å²) >= 11 is 0. The number of carbonyl (C=O) groups is 1. The average Bonchev–Trinajstić information content (AvgIpc) is 2.67. The topological polar surface area (TPSA) is 66.5 Å². The van der Waals surface area contributed by atoms with Crippen molar-refractivity contribution in [2.45, 2.75) is 38.5 Å². The minimum absolute atomic E-state index is 0.235. The van der Waals surface area contributed by atoms with Crippen molar-refractivity contribution in [2.24, 2.45) is 11.8 Å². The van der Waals surface area contributed by atoms with Crippen LogP contribution in [0, 0.1) is 11.8 Å². The van der Waals surface area contributed by atoms with Gasteiger partial charge in [-0.3, -0.25) is 4.79 Å². The Kier molecular flexibility index (Phi) is 6.20. The number of benzene rings is 2. The number of aryl methyl sites for hydroxylation is 1. The first-order chi connectivity index (χ1) is 13.3. The zero-order valence-electron chi connectivity index (χ0n) is 16.7. The van der Waals surface area contributed by atoms with Crippen LogP contribution >= 0.6 is 0 Å². The van der Waals surface area contributed by atoms with Crippen LogP contribution in [0.5, 0.6) is 0 Å². The van der Waals surface area contributed by atoms with E-state index in [0.29, 0.717) is 30.5 Å². The number of sulfonamides is 1. The van der Waals surface area contributed by atoms with Gasteiger partial charge in [-0.25, -0.2) is 8.42 Å². The third-order valence-corrected chi connectivity index (χ3v) is 7.08. The van der Waals surface area contributed by atoms with Gasteiger partial charge in [-0.1, -0.05) is 39.0 Å². The van der Waals surface area contributed by atoms with Crippen molar-refractivity contribution in [3.63, 3.8) is 0 Å². The highest BCUT2D eigenvalue weighted by Gasteiger charge is 2.31. The largest absolute Gasteiger partial charge is 0.322 e. The van der Waals surface area contributed by atoms with Crippen molar-refractivity contribution in [2.75, 3.05) is 18.4 Å². The molecule has 0 aromatic heterocycles. The lowest BCUT2D eigenvalue weighted by Gasteiger charge is -2.34. The van der Waals surface area contributed by atoms with Crippen LogP contribution in [0.1, 0.15) is 43.1 Å². The molecule has 2 aromatic rings. The Labute approximate surface area is 167 Å². The van der Waals surface area contributed by atoms with Gasteiger partial charge < -0.3 is 5.32 Å². The number of hydrogen-bond donors (Lipinski definition) is 1. The molecule has 0 unspecified atom stereocenters. The Morgan fingerprint density at radius 3 is 2.25 bits per heavy atom. The second-order valence-electron chi connectivity index (χ2n) is 7.76. The van der Waals surface area contributed by atoms with Crippen LogP contribution < -0.4 is 5.32 Å². The van der Waals surface area contributed by atoms with Crippen LogP contribution in [0.2, 0.25) is 0 Å². The zero-order chi connectivity index (χ0) is 20.3. The molecule has 1 saturated heterocycles. The summed E-state index contributed by atoms with van der Waals surface area (Å²) in [7, 11) is -3.54. The van der Waals surface area contributed by atoms with Gasteiger partial charge in [0.1, 0.15) is 0 Å². The van der Waals surface area contributed by atoms with Crippen LogP contribution in [0.3, 0.4) is 0 Å². The maximum atomic E-state index is 13.0. The second kappa shape index (κ2) is 8.45. The fraction of sp³-hybridized carbons (Fsp3) is 0.409. The highest BCUT2D eigenvalue weighted by Crippen LogP contribution is 2.27. The van der Waals surface area contributed by atoms with E-state index in [1.165, 1.54) is 12.1 Å². The quantitative estimate of drug-likeness (QED) is 0.819. The summed E-state index contributed by atoms with van der Waals surface area (Å²) in [6, 6.07) is 13.9. The normalized spacial score (nSPS) is 20.7. The monoisotopic (exact) mass is 400 g/mol. The number of para-hydroxylation sites is 1. The molecule has 1 amide bonds. The Balaban J connectivity index is 1.76. The van der Waals surface area contributed by atoms with Crippen molar-refractivity contribution in [3.05, 3.63) is 59.7 Å². The number of nitrogens with zero attached hydrogens (tertiary/aromatic N) is 1. The Hall–Kier alpha value is -2.18. The molecule has 150 valence electrons. The second-order valence-corrected chi connectivity index (χ2v) is 9.70. The predicted molar refractivity (Wildman–Crippen MR) is 112 cm³/mol. The summed E-state index contributed by atoms with van der Waals surface area (Å²) < 4.78 is 27.5. The first-order valence-corrected chi connectivity index (χ1v) is 11.2. The van der Waals surface area contributed by atoms with Crippen molar-refractivity contribution < 1.29 is 13.2 Å². The lowest BCUT2D eigenvalue weighted by molar-refractivity contribution is 0.102. The van der Waals surface area contributed by atoms with E-state index in [0.717, 1.165) is 24.1 Å². The summed E-state index contributed by atoms with van der Waals surface area (Å²) in [5, 5.41) is 2.91. The van der Waals surface area contributed by atoms with E-state index < -0.39 is 10.0 Å². The molecule has 1 aliphatic heterocycles. The summed E-state index contributed by atoms with van der Waals surface area (Å²) in [4.78, 5) is 12.8. The van der Waals surface area contributed by atoms with Crippen LogP contribution in [0.25, 0.3) is 0 Å². The number of rotatable bonds is 5. The fourth-order valence-electron chi connectivity index (χ4n) is 3.87. The Morgan fingerprint density at radius 2 is 1.64 bits per heavy atom. The molecule has 1 fully saturated rings. The smallest absolute Gasteiger partial charge is 0.255 e. The van der Waals surface area contributed by atoms with Gasteiger partial charge in [-0.2, -0.15) is 4.31 Å². The third-order valence-electron chi connectivity index (χ3n) is 5.24. The number of carbonyl (C=O) groups excluding carboxylic acids is 1. The number of anilines is 1. The van der Waals surface area contributed by atoms with Crippen molar-refractivity contribution in [1.29, 1.82) is 0 Å². The molecule has 28 heavy (non-hydrogen) atoms. The highest BCUT2D eigenvalue weighted by atomic mass is 32.2. The SMILES string of the molecule is CCc1ccccc1NC(=O)c1ccc(S(=O)(=O)N2C[C@@H](C)C[C@H](C)C2)cc1. The van der Waals surface area contributed by atoms with Crippen LogP contribution in [0.4, 0.5) is 5.69 Å². The molecule has 0 radical (unpaired) electrons. The average molecular weight is 401 g/mol. The standard InChI is InChI=1S/C22H28N2O3S/c1-4-18-7-5-6-8-21(18)23-22(25)19-9-11-20(12-10-19)28(26,27)24-14-16(2)13-17(3)15-24/h5-12,16-17H,4,13-15H2,1-3H3,(H,23,25)/t16-,17-/m0/s1. The summed E-state index contributed by atoms with van der Waals surface area (Å²) in [5.74, 6) is 0.453. The number of amides is 1. The van der Waals surface area contributed by atoms with Gasteiger partial charge in [0.25, 0.3) is 5.91 Å². The molecule has 3 rings (SSSR count). The zero-order valence-corrected chi connectivity index (χ0v) is 17.5. The molecule has 2 aromatic carbocycles. The number of nitrogens with one attached hydrogen (secondary N) is 1. The molecule has 1 N–H and O–H groups in total. The van der Waals surface area contributed by atoms with Crippen molar-refractivity contribution in [3.8, 4) is 0 Å². The Bertz CT molecular complexity index is 929. The molecule has 1 aliphatic rings. The van der Waals surface area contributed by atoms with Gasteiger partial charge in [0.15, 0.2) is 0 Å². The van der Waals surface area contributed by atoms with E-state index in [9.17, 15) is 13.2 Å². The lowest BCUT2D eigenvalue weighted by Crippen LogP contribution is -2.42. The maximum absolute atomic E-state index is 13.0. The van der Waals surface area contributed by atoms with E-state index in [4.69, 9.17) is 0 Å². The summed E-state index contributed by atoms with van der Waals surface area (Å²) in [5.41, 5.74) is 2.27. The molecule has 0 saturated carbocycles. The minimum Gasteiger partial charge on any atom is -0.322 e. The molecular weight excluding hydrogens is 372 g/mol. The third kappa shape index (κ3) is 4.45. The molecule has 1 heterocycles. The van der Waals surface area contributed by atoms with Gasteiger partial charge in [0, 0.05) is 24.3 Å². The van der Waals surface area contributed by atoms with Gasteiger partial charge in [0.05, 0.1) is 4.90 Å². The number of hydrogen-bond acceptors (Lipinski definition) is 3. The summed E-state index contributed by atoms with van der Waals surface area (Å²) in [6.07, 6.45) is 1.87. The molecule has 0 spiro atoms. The predicted octanol–water partition coefficient (Wildman–Crippen LogP) is 4.17. The van der Waals surface area contributed by atoms with Crippen LogP contribution in [0.15, 0.2) is 53.4 Å². The molecule has 6 heteroatoms. The van der Waals surface area contributed by atoms with Crippen molar-refractivity contribution >= 4 is 21.6 Å².